The van der Waals surface area contributed by atoms with Crippen LogP contribution in [0.25, 0.3) is 0 Å². The lowest BCUT2D eigenvalue weighted by Crippen LogP contribution is -2.39. The molecule has 0 aliphatic carbocycles. The lowest BCUT2D eigenvalue weighted by molar-refractivity contribution is 0.0984. The van der Waals surface area contributed by atoms with Crippen LogP contribution in [0.15, 0.2) is 35.0 Å². The van der Waals surface area contributed by atoms with Gasteiger partial charge in [0.2, 0.25) is 0 Å². The summed E-state index contributed by atoms with van der Waals surface area (Å²) in [7, 11) is 0. The first-order valence-corrected chi connectivity index (χ1v) is 13.3. The first-order valence-electron chi connectivity index (χ1n) is 11.6. The minimum atomic E-state index is -0.123. The molecular formula is C25H34Cl2N2OS. The van der Waals surface area contributed by atoms with Crippen molar-refractivity contribution in [3.63, 3.8) is 0 Å². The molecule has 0 spiro atoms. The van der Waals surface area contributed by atoms with Crippen LogP contribution in [0.1, 0.15) is 49.7 Å². The number of piperidine rings is 1. The van der Waals surface area contributed by atoms with Crippen molar-refractivity contribution < 1.29 is 5.11 Å². The summed E-state index contributed by atoms with van der Waals surface area (Å²) in [5.41, 5.74) is 2.65. The van der Waals surface area contributed by atoms with Gasteiger partial charge >= 0.3 is 0 Å². The number of benzene rings is 1. The highest BCUT2D eigenvalue weighted by atomic mass is 35.5. The lowest BCUT2D eigenvalue weighted by Gasteiger charge is -2.35. The van der Waals surface area contributed by atoms with Gasteiger partial charge < -0.3 is 10.0 Å². The molecule has 4 rings (SSSR count). The summed E-state index contributed by atoms with van der Waals surface area (Å²) in [4.78, 5) is 5.23. The molecule has 1 N–H and O–H groups in total. The van der Waals surface area contributed by atoms with Crippen molar-refractivity contribution in [2.24, 2.45) is 11.8 Å². The fourth-order valence-corrected chi connectivity index (χ4v) is 6.51. The standard InChI is InChI=1S/C25H34Cl2N2OS/c1-2-23(30)11-18-5-8-28(9-6-18)14-21-15-29(16-24(21)20-7-10-31-17-20)13-19-3-4-22(26)12-25(19)27/h3-4,7,10,12,17-18,21,23-24,30H,2,5-6,8-9,11,13-16H2,1H3. The monoisotopic (exact) mass is 480 g/mol. The number of nitrogens with zero attached hydrogens (tertiary/aromatic N) is 2. The second-order valence-electron chi connectivity index (χ2n) is 9.39. The average Bonchev–Trinajstić information content (AvgIpc) is 3.41. The van der Waals surface area contributed by atoms with Gasteiger partial charge in [-0.25, -0.2) is 0 Å². The van der Waals surface area contributed by atoms with Crippen molar-refractivity contribution in [1.29, 1.82) is 0 Å². The zero-order valence-electron chi connectivity index (χ0n) is 18.4. The average molecular weight is 482 g/mol. The van der Waals surface area contributed by atoms with Gasteiger partial charge in [0.05, 0.1) is 6.10 Å². The molecule has 2 saturated heterocycles. The number of likely N-dealkylation sites (tertiary alicyclic amines) is 2. The van der Waals surface area contributed by atoms with E-state index in [-0.39, 0.29) is 6.10 Å². The molecule has 2 aromatic rings. The van der Waals surface area contributed by atoms with Crippen LogP contribution >= 0.6 is 34.5 Å². The number of aliphatic hydroxyl groups excluding tert-OH is 1. The molecule has 2 aliphatic heterocycles. The molecule has 3 nitrogen and oxygen atoms in total. The van der Waals surface area contributed by atoms with Gasteiger partial charge in [0.15, 0.2) is 0 Å². The van der Waals surface area contributed by atoms with E-state index in [1.807, 2.05) is 12.1 Å². The molecule has 3 unspecified atom stereocenters. The van der Waals surface area contributed by atoms with Crippen LogP contribution in [-0.4, -0.2) is 53.7 Å². The molecule has 31 heavy (non-hydrogen) atoms. The van der Waals surface area contributed by atoms with Crippen LogP contribution in [0.5, 0.6) is 0 Å². The maximum atomic E-state index is 10.00. The molecule has 6 heteroatoms. The molecule has 0 saturated carbocycles. The Morgan fingerprint density at radius 3 is 2.61 bits per heavy atom. The number of halogens is 2. The number of hydrogen-bond donors (Lipinski definition) is 1. The van der Waals surface area contributed by atoms with E-state index in [0.717, 1.165) is 62.7 Å². The van der Waals surface area contributed by atoms with E-state index in [2.05, 4.69) is 39.6 Å². The molecule has 1 aromatic carbocycles. The molecule has 1 aromatic heterocycles. The van der Waals surface area contributed by atoms with Crippen molar-refractivity contribution in [1.82, 2.24) is 9.80 Å². The van der Waals surface area contributed by atoms with E-state index in [9.17, 15) is 5.11 Å². The van der Waals surface area contributed by atoms with Crippen molar-refractivity contribution in [2.45, 2.75) is 51.2 Å². The predicted molar refractivity (Wildman–Crippen MR) is 132 cm³/mol. The summed E-state index contributed by atoms with van der Waals surface area (Å²) < 4.78 is 0. The van der Waals surface area contributed by atoms with E-state index in [1.54, 1.807) is 11.3 Å². The summed E-state index contributed by atoms with van der Waals surface area (Å²) >= 11 is 14.3. The summed E-state index contributed by atoms with van der Waals surface area (Å²) in [6.07, 6.45) is 4.16. The van der Waals surface area contributed by atoms with E-state index in [0.29, 0.717) is 22.8 Å². The van der Waals surface area contributed by atoms with Gasteiger partial charge in [-0.1, -0.05) is 36.2 Å². The third-order valence-corrected chi connectivity index (χ3v) is 8.46. The Kier molecular flexibility index (Phi) is 8.35. The van der Waals surface area contributed by atoms with Crippen LogP contribution < -0.4 is 0 Å². The Bertz CT molecular complexity index is 823. The third kappa shape index (κ3) is 6.25. The fourth-order valence-electron chi connectivity index (χ4n) is 5.32. The Morgan fingerprint density at radius 2 is 1.94 bits per heavy atom. The normalized spacial score (nSPS) is 24.6. The lowest BCUT2D eigenvalue weighted by atomic mass is 9.87. The number of hydrogen-bond acceptors (Lipinski definition) is 4. The quantitative estimate of drug-likeness (QED) is 0.490. The van der Waals surface area contributed by atoms with E-state index in [4.69, 9.17) is 23.2 Å². The molecular weight excluding hydrogens is 447 g/mol. The van der Waals surface area contributed by atoms with Crippen LogP contribution in [0.3, 0.4) is 0 Å². The number of aliphatic hydroxyl groups is 1. The maximum Gasteiger partial charge on any atom is 0.0540 e. The minimum Gasteiger partial charge on any atom is -0.393 e. The highest BCUT2D eigenvalue weighted by Crippen LogP contribution is 2.36. The molecule has 0 radical (unpaired) electrons. The Balaban J connectivity index is 1.37. The van der Waals surface area contributed by atoms with Crippen LogP contribution in [-0.2, 0) is 6.54 Å². The van der Waals surface area contributed by atoms with Crippen LogP contribution in [0, 0.1) is 11.8 Å². The Morgan fingerprint density at radius 1 is 1.13 bits per heavy atom. The predicted octanol–water partition coefficient (Wildman–Crippen LogP) is 6.14. The van der Waals surface area contributed by atoms with Crippen molar-refractivity contribution in [3.05, 3.63) is 56.2 Å². The summed E-state index contributed by atoms with van der Waals surface area (Å²) in [5, 5.41) is 16.0. The first kappa shape index (κ1) is 23.5. The van der Waals surface area contributed by atoms with Crippen LogP contribution in [0.2, 0.25) is 10.0 Å². The minimum absolute atomic E-state index is 0.123. The van der Waals surface area contributed by atoms with Gasteiger partial charge in [0.1, 0.15) is 0 Å². The summed E-state index contributed by atoms with van der Waals surface area (Å²) in [6.45, 7) is 8.63. The third-order valence-electron chi connectivity index (χ3n) is 7.17. The highest BCUT2D eigenvalue weighted by molar-refractivity contribution is 7.08. The smallest absolute Gasteiger partial charge is 0.0540 e. The molecule has 2 aliphatic rings. The van der Waals surface area contributed by atoms with Gasteiger partial charge in [-0.2, -0.15) is 11.3 Å². The second kappa shape index (κ2) is 11.0. The van der Waals surface area contributed by atoms with Gasteiger partial charge in [-0.3, -0.25) is 4.90 Å². The van der Waals surface area contributed by atoms with Crippen molar-refractivity contribution in [3.8, 4) is 0 Å². The van der Waals surface area contributed by atoms with E-state index in [1.165, 1.54) is 18.4 Å². The van der Waals surface area contributed by atoms with Gasteiger partial charge in [-0.05, 0) is 90.7 Å². The van der Waals surface area contributed by atoms with Crippen molar-refractivity contribution in [2.75, 3.05) is 32.7 Å². The molecule has 170 valence electrons. The SMILES string of the molecule is CCC(O)CC1CCN(CC2CN(Cc3ccc(Cl)cc3Cl)CC2c2ccsc2)CC1. The van der Waals surface area contributed by atoms with Gasteiger partial charge in [0.25, 0.3) is 0 Å². The highest BCUT2D eigenvalue weighted by Gasteiger charge is 2.36. The van der Waals surface area contributed by atoms with E-state index >= 15 is 0 Å². The molecule has 0 amide bonds. The zero-order valence-corrected chi connectivity index (χ0v) is 20.7. The second-order valence-corrected chi connectivity index (χ2v) is 11.0. The zero-order chi connectivity index (χ0) is 21.8. The van der Waals surface area contributed by atoms with Crippen LogP contribution in [0.4, 0.5) is 0 Å². The molecule has 0 bridgehead atoms. The van der Waals surface area contributed by atoms with Gasteiger partial charge in [0, 0.05) is 42.1 Å². The topological polar surface area (TPSA) is 26.7 Å². The molecule has 3 atom stereocenters. The number of rotatable bonds is 8. The maximum absolute atomic E-state index is 10.00. The van der Waals surface area contributed by atoms with Gasteiger partial charge in [-0.15, -0.1) is 0 Å². The summed E-state index contributed by atoms with van der Waals surface area (Å²) in [6, 6.07) is 8.15. The Hall–Kier alpha value is -0.620. The largest absolute Gasteiger partial charge is 0.393 e. The Labute approximate surface area is 201 Å². The number of thiophene rings is 1. The fraction of sp³-hybridized carbons (Fsp3) is 0.600. The molecule has 3 heterocycles. The summed E-state index contributed by atoms with van der Waals surface area (Å²) in [5.74, 6) is 1.90. The first-order chi connectivity index (χ1) is 15.0. The van der Waals surface area contributed by atoms with Crippen molar-refractivity contribution >= 4 is 34.5 Å². The van der Waals surface area contributed by atoms with E-state index < -0.39 is 0 Å². The molecule has 2 fully saturated rings.